The van der Waals surface area contributed by atoms with E-state index in [2.05, 4.69) is 5.32 Å². The summed E-state index contributed by atoms with van der Waals surface area (Å²) >= 11 is 0. The van der Waals surface area contributed by atoms with E-state index in [1.165, 1.54) is 18.0 Å². The number of ether oxygens (including phenoxy) is 2. The zero-order chi connectivity index (χ0) is 22.6. The van der Waals surface area contributed by atoms with Crippen LogP contribution in [0.3, 0.4) is 0 Å². The molecule has 2 aliphatic rings. The van der Waals surface area contributed by atoms with Crippen LogP contribution >= 0.6 is 0 Å². The molecule has 9 nitrogen and oxygen atoms in total. The molecule has 0 saturated heterocycles. The molecule has 168 valence electrons. The molecule has 3 rings (SSSR count). The van der Waals surface area contributed by atoms with E-state index in [4.69, 9.17) is 20.3 Å². The summed E-state index contributed by atoms with van der Waals surface area (Å²) in [6, 6.07) is 7.10. The van der Waals surface area contributed by atoms with Crippen molar-refractivity contribution in [2.24, 2.45) is 17.1 Å². The quantitative estimate of drug-likeness (QED) is 0.446. The maximum Gasteiger partial charge on any atom is 0.259 e. The molecule has 3 atom stereocenters. The Labute approximate surface area is 181 Å². The zero-order valence-corrected chi connectivity index (χ0v) is 17.8. The number of carbonyl (C=O) groups is 3. The number of nitrogens with one attached hydrogen (secondary N) is 1. The lowest BCUT2D eigenvalue weighted by Gasteiger charge is -2.39. The van der Waals surface area contributed by atoms with Gasteiger partial charge in [0, 0.05) is 32.7 Å². The molecule has 1 aromatic carbocycles. The summed E-state index contributed by atoms with van der Waals surface area (Å²) in [5, 5.41) is 11.4. The Hall–Kier alpha value is -2.91. The van der Waals surface area contributed by atoms with Crippen molar-refractivity contribution in [2.75, 3.05) is 33.4 Å². The van der Waals surface area contributed by atoms with Crippen LogP contribution in [-0.4, -0.2) is 67.2 Å². The number of nitrogens with zero attached hydrogens (tertiary/aromatic N) is 1. The number of nitrogens with two attached hydrogens (primary N) is 1. The normalized spacial score (nSPS) is 25.1. The van der Waals surface area contributed by atoms with E-state index < -0.39 is 23.1 Å². The van der Waals surface area contributed by atoms with Gasteiger partial charge < -0.3 is 30.5 Å². The topological polar surface area (TPSA) is 131 Å². The standard InChI is InChI=1S/C22H29N3O6/c1-3-30-18-10-17(18)22(21(23)29)11-16(19(27)24-2)20(28)25(13-22)12-14-5-4-6-15(9-14)31-8-7-26/h4-6,9,11,17-18,26H,3,7-8,10,12-13H2,1-2H3,(H2,23,29)(H,24,27)/t17-,18+,22?/m1/s1. The fraction of sp³-hybridized carbons (Fsp3) is 0.500. The number of aliphatic hydroxyl groups excluding tert-OH is 1. The number of carbonyl (C=O) groups excluding carboxylic acids is 3. The predicted molar refractivity (Wildman–Crippen MR) is 112 cm³/mol. The van der Waals surface area contributed by atoms with Gasteiger partial charge in [-0.25, -0.2) is 0 Å². The predicted octanol–water partition coefficient (Wildman–Crippen LogP) is -0.0310. The first-order chi connectivity index (χ1) is 14.9. The van der Waals surface area contributed by atoms with Crippen LogP contribution in [0.25, 0.3) is 0 Å². The second kappa shape index (κ2) is 9.49. The SMILES string of the molecule is CCO[C@H]1C[C@H]1C1(C(N)=O)C=C(C(=O)NC)C(=O)N(Cc2cccc(OCCO)c2)C1. The first-order valence-corrected chi connectivity index (χ1v) is 10.3. The third-order valence-corrected chi connectivity index (χ3v) is 5.71. The van der Waals surface area contributed by atoms with Crippen molar-refractivity contribution in [3.05, 3.63) is 41.5 Å². The molecule has 1 aliphatic carbocycles. The van der Waals surface area contributed by atoms with Gasteiger partial charge in [-0.2, -0.15) is 0 Å². The molecule has 0 aromatic heterocycles. The highest BCUT2D eigenvalue weighted by molar-refractivity contribution is 6.19. The van der Waals surface area contributed by atoms with E-state index in [0.717, 1.165) is 5.56 Å². The lowest BCUT2D eigenvalue weighted by Crippen LogP contribution is -2.54. The molecule has 1 aromatic rings. The average molecular weight is 431 g/mol. The molecular weight excluding hydrogens is 402 g/mol. The largest absolute Gasteiger partial charge is 0.491 e. The second-order valence-corrected chi connectivity index (χ2v) is 7.76. The Bertz CT molecular complexity index is 886. The lowest BCUT2D eigenvalue weighted by molar-refractivity contribution is -0.137. The summed E-state index contributed by atoms with van der Waals surface area (Å²) in [6.45, 7) is 2.66. The first-order valence-electron chi connectivity index (χ1n) is 10.3. The second-order valence-electron chi connectivity index (χ2n) is 7.76. The van der Waals surface area contributed by atoms with Crippen LogP contribution in [0, 0.1) is 11.3 Å². The maximum atomic E-state index is 13.1. The van der Waals surface area contributed by atoms with Crippen LogP contribution in [-0.2, 0) is 25.7 Å². The number of benzene rings is 1. The molecule has 1 fully saturated rings. The van der Waals surface area contributed by atoms with E-state index in [0.29, 0.717) is 18.8 Å². The Morgan fingerprint density at radius 1 is 1.39 bits per heavy atom. The maximum absolute atomic E-state index is 13.1. The fourth-order valence-electron chi connectivity index (χ4n) is 4.13. The molecule has 0 spiro atoms. The summed E-state index contributed by atoms with van der Waals surface area (Å²) in [4.78, 5) is 39.7. The molecule has 0 radical (unpaired) electrons. The molecule has 0 bridgehead atoms. The van der Waals surface area contributed by atoms with Gasteiger partial charge in [0.15, 0.2) is 0 Å². The minimum Gasteiger partial charge on any atom is -0.491 e. The van der Waals surface area contributed by atoms with Crippen LogP contribution in [0.1, 0.15) is 18.9 Å². The van der Waals surface area contributed by atoms with Crippen molar-refractivity contribution in [1.29, 1.82) is 0 Å². The number of aliphatic hydroxyl groups is 1. The van der Waals surface area contributed by atoms with Gasteiger partial charge in [-0.05, 0) is 37.1 Å². The summed E-state index contributed by atoms with van der Waals surface area (Å²) < 4.78 is 11.1. The lowest BCUT2D eigenvalue weighted by atomic mass is 9.76. The molecule has 4 N–H and O–H groups in total. The van der Waals surface area contributed by atoms with E-state index in [-0.39, 0.29) is 43.9 Å². The van der Waals surface area contributed by atoms with Gasteiger partial charge in [0.05, 0.1) is 18.1 Å². The van der Waals surface area contributed by atoms with Crippen LogP contribution < -0.4 is 15.8 Å². The van der Waals surface area contributed by atoms with Crippen LogP contribution in [0.5, 0.6) is 5.75 Å². The van der Waals surface area contributed by atoms with Crippen LogP contribution in [0.2, 0.25) is 0 Å². The summed E-state index contributed by atoms with van der Waals surface area (Å²) in [5.74, 6) is -1.25. The van der Waals surface area contributed by atoms with Crippen molar-refractivity contribution < 1.29 is 29.0 Å². The Morgan fingerprint density at radius 3 is 2.81 bits per heavy atom. The zero-order valence-electron chi connectivity index (χ0n) is 17.8. The first kappa shape index (κ1) is 22.8. The monoisotopic (exact) mass is 431 g/mol. The molecule has 1 heterocycles. The van der Waals surface area contributed by atoms with E-state index in [9.17, 15) is 14.4 Å². The van der Waals surface area contributed by atoms with Crippen molar-refractivity contribution in [2.45, 2.75) is 26.0 Å². The molecule has 3 amide bonds. The summed E-state index contributed by atoms with van der Waals surface area (Å²) in [6.07, 6.45) is 1.95. The molecule has 31 heavy (non-hydrogen) atoms. The Kier molecular flexibility index (Phi) is 6.97. The van der Waals surface area contributed by atoms with Crippen molar-refractivity contribution in [3.8, 4) is 5.75 Å². The third-order valence-electron chi connectivity index (χ3n) is 5.71. The molecule has 9 heteroatoms. The average Bonchev–Trinajstić information content (AvgIpc) is 3.53. The van der Waals surface area contributed by atoms with Crippen molar-refractivity contribution in [3.63, 3.8) is 0 Å². The van der Waals surface area contributed by atoms with Gasteiger partial charge in [-0.3, -0.25) is 14.4 Å². The van der Waals surface area contributed by atoms with Crippen LogP contribution in [0.4, 0.5) is 0 Å². The smallest absolute Gasteiger partial charge is 0.259 e. The summed E-state index contributed by atoms with van der Waals surface area (Å²) in [7, 11) is 1.43. The molecule has 1 unspecified atom stereocenters. The third kappa shape index (κ3) is 4.72. The number of primary amides is 1. The molecular formula is C22H29N3O6. The number of hydrogen-bond acceptors (Lipinski definition) is 6. The van der Waals surface area contributed by atoms with Crippen molar-refractivity contribution in [1.82, 2.24) is 10.2 Å². The Morgan fingerprint density at radius 2 is 2.16 bits per heavy atom. The van der Waals surface area contributed by atoms with E-state index >= 15 is 0 Å². The Balaban J connectivity index is 1.93. The number of rotatable bonds is 10. The van der Waals surface area contributed by atoms with Gasteiger partial charge in [0.2, 0.25) is 5.91 Å². The highest BCUT2D eigenvalue weighted by Crippen LogP contribution is 2.51. The summed E-state index contributed by atoms with van der Waals surface area (Å²) in [5.41, 5.74) is 5.32. The van der Waals surface area contributed by atoms with E-state index in [1.807, 2.05) is 13.0 Å². The fourth-order valence-corrected chi connectivity index (χ4v) is 4.13. The van der Waals surface area contributed by atoms with Gasteiger partial charge >= 0.3 is 0 Å². The highest BCUT2D eigenvalue weighted by Gasteiger charge is 2.59. The van der Waals surface area contributed by atoms with Gasteiger partial charge in [0.1, 0.15) is 17.9 Å². The number of hydrogen-bond donors (Lipinski definition) is 3. The number of likely N-dealkylation sites (N-methyl/N-ethyl adjacent to an activating group) is 1. The van der Waals surface area contributed by atoms with Gasteiger partial charge in [-0.1, -0.05) is 12.1 Å². The number of amides is 3. The van der Waals surface area contributed by atoms with Gasteiger partial charge in [0.25, 0.3) is 11.8 Å². The highest BCUT2D eigenvalue weighted by atomic mass is 16.5. The minimum absolute atomic E-state index is 0.0671. The van der Waals surface area contributed by atoms with Crippen molar-refractivity contribution >= 4 is 17.7 Å². The van der Waals surface area contributed by atoms with Crippen LogP contribution in [0.15, 0.2) is 35.9 Å². The van der Waals surface area contributed by atoms with E-state index in [1.54, 1.807) is 18.2 Å². The molecule has 1 saturated carbocycles. The van der Waals surface area contributed by atoms with Gasteiger partial charge in [-0.15, -0.1) is 0 Å². The molecule has 1 aliphatic heterocycles. The minimum atomic E-state index is -1.18.